The van der Waals surface area contributed by atoms with Gasteiger partial charge in [0.25, 0.3) is 6.48 Å². The number of benzene rings is 1. The van der Waals surface area contributed by atoms with Gasteiger partial charge in [-0.2, -0.15) is 0 Å². The van der Waals surface area contributed by atoms with Crippen molar-refractivity contribution in [2.45, 2.75) is 6.48 Å². The molecule has 6 heteroatoms. The molecule has 17 heavy (non-hydrogen) atoms. The highest BCUT2D eigenvalue weighted by Gasteiger charge is 2.44. The van der Waals surface area contributed by atoms with Crippen LogP contribution in [0.15, 0.2) is 30.3 Å². The number of rotatable bonds is 7. The van der Waals surface area contributed by atoms with Crippen LogP contribution in [-0.2, 0) is 22.8 Å². The molecule has 0 aliphatic carbocycles. The van der Waals surface area contributed by atoms with E-state index < -0.39 is 15.3 Å². The summed E-state index contributed by atoms with van der Waals surface area (Å²) in [6.45, 7) is -0.818. The van der Waals surface area contributed by atoms with E-state index in [0.29, 0.717) is 0 Å². The van der Waals surface area contributed by atoms with E-state index in [1.165, 1.54) is 14.2 Å². The Bertz CT molecular complexity index is 311. The van der Waals surface area contributed by atoms with Crippen molar-refractivity contribution in [3.05, 3.63) is 30.3 Å². The second-order valence-electron chi connectivity index (χ2n) is 3.21. The highest BCUT2D eigenvalue weighted by Crippen LogP contribution is 2.12. The van der Waals surface area contributed by atoms with Crippen LogP contribution in [0.25, 0.3) is 0 Å². The molecule has 0 saturated heterocycles. The Morgan fingerprint density at radius 1 is 0.882 bits per heavy atom. The van der Waals surface area contributed by atoms with Crippen LogP contribution in [0.5, 0.6) is 0 Å². The fourth-order valence-electron chi connectivity index (χ4n) is 1.44. The first-order valence-electron chi connectivity index (χ1n) is 5.11. The molecule has 0 saturated carbocycles. The van der Waals surface area contributed by atoms with Crippen LogP contribution in [0, 0.1) is 0 Å². The molecule has 96 valence electrons. The molecule has 0 bridgehead atoms. The van der Waals surface area contributed by atoms with Crippen molar-refractivity contribution in [3.8, 4) is 0 Å². The van der Waals surface area contributed by atoms with Gasteiger partial charge >= 0.3 is 8.80 Å². The van der Waals surface area contributed by atoms with E-state index in [1.54, 1.807) is 14.2 Å². The quantitative estimate of drug-likeness (QED) is 0.532. The van der Waals surface area contributed by atoms with Gasteiger partial charge in [-0.25, -0.2) is 0 Å². The lowest BCUT2D eigenvalue weighted by molar-refractivity contribution is -0.237. The fraction of sp³-hybridized carbons (Fsp3) is 0.455. The normalized spacial score (nSPS) is 12.1. The highest BCUT2D eigenvalue weighted by molar-refractivity contribution is 6.75. The van der Waals surface area contributed by atoms with E-state index in [4.69, 9.17) is 22.8 Å². The first-order valence-corrected chi connectivity index (χ1v) is 6.84. The third-order valence-electron chi connectivity index (χ3n) is 2.30. The van der Waals surface area contributed by atoms with E-state index in [-0.39, 0.29) is 0 Å². The van der Waals surface area contributed by atoms with Gasteiger partial charge in [0.15, 0.2) is 0 Å². The van der Waals surface area contributed by atoms with Crippen LogP contribution in [0.4, 0.5) is 0 Å². The zero-order chi connectivity index (χ0) is 12.7. The molecular weight excluding hydrogens is 240 g/mol. The summed E-state index contributed by atoms with van der Waals surface area (Å²) in [6.07, 6.45) is 0. The van der Waals surface area contributed by atoms with Crippen LogP contribution in [0.1, 0.15) is 0 Å². The van der Waals surface area contributed by atoms with Crippen LogP contribution >= 0.6 is 0 Å². The Hall–Kier alpha value is -0.763. The van der Waals surface area contributed by atoms with Crippen molar-refractivity contribution >= 4 is 14.0 Å². The second kappa shape index (κ2) is 6.85. The average molecular weight is 258 g/mol. The molecule has 0 aromatic heterocycles. The van der Waals surface area contributed by atoms with Gasteiger partial charge in [-0.15, -0.1) is 0 Å². The number of hydrogen-bond donors (Lipinski definition) is 0. The molecule has 0 unspecified atom stereocenters. The predicted molar refractivity (Wildman–Crippen MR) is 64.7 cm³/mol. The van der Waals surface area contributed by atoms with E-state index in [2.05, 4.69) is 0 Å². The molecule has 0 amide bonds. The average Bonchev–Trinajstić information content (AvgIpc) is 2.42. The third kappa shape index (κ3) is 3.35. The molecule has 0 aliphatic rings. The topological polar surface area (TPSA) is 46.2 Å². The van der Waals surface area contributed by atoms with Crippen LogP contribution in [-0.4, -0.2) is 43.7 Å². The Labute approximate surface area is 103 Å². The minimum absolute atomic E-state index is 0.818. The summed E-state index contributed by atoms with van der Waals surface area (Å²) in [5.41, 5.74) is 0. The zero-order valence-electron chi connectivity index (χ0n) is 10.5. The van der Waals surface area contributed by atoms with Gasteiger partial charge in [0.05, 0.1) is 0 Å². The van der Waals surface area contributed by atoms with Crippen molar-refractivity contribution in [2.24, 2.45) is 0 Å². The first-order chi connectivity index (χ1) is 8.22. The molecule has 0 radical (unpaired) electrons. The Kier molecular flexibility index (Phi) is 5.76. The minimum atomic E-state index is -2.97. The van der Waals surface area contributed by atoms with E-state index >= 15 is 0 Å². The summed E-state index contributed by atoms with van der Waals surface area (Å²) in [7, 11) is 3.10. The van der Waals surface area contributed by atoms with E-state index in [9.17, 15) is 0 Å². The van der Waals surface area contributed by atoms with Crippen molar-refractivity contribution in [1.82, 2.24) is 0 Å². The zero-order valence-corrected chi connectivity index (χ0v) is 11.5. The van der Waals surface area contributed by atoms with Gasteiger partial charge in [0.2, 0.25) is 0 Å². The van der Waals surface area contributed by atoms with E-state index in [0.717, 1.165) is 5.19 Å². The van der Waals surface area contributed by atoms with Crippen molar-refractivity contribution < 1.29 is 22.8 Å². The third-order valence-corrected chi connectivity index (χ3v) is 4.92. The maximum atomic E-state index is 5.67. The molecule has 1 aromatic rings. The summed E-state index contributed by atoms with van der Waals surface area (Å²) < 4.78 is 26.6. The Morgan fingerprint density at radius 2 is 1.41 bits per heavy atom. The van der Waals surface area contributed by atoms with Crippen LogP contribution < -0.4 is 5.19 Å². The maximum absolute atomic E-state index is 5.67. The van der Waals surface area contributed by atoms with Gasteiger partial charge in [-0.05, 0) is 0 Å². The molecule has 0 atom stereocenters. The fourth-order valence-corrected chi connectivity index (χ4v) is 3.46. The first kappa shape index (κ1) is 14.3. The van der Waals surface area contributed by atoms with Gasteiger partial charge in [0, 0.05) is 33.6 Å². The minimum Gasteiger partial charge on any atom is -0.373 e. The summed E-state index contributed by atoms with van der Waals surface area (Å²) in [5.74, 6) is 0. The lowest BCUT2D eigenvalue weighted by atomic mass is 10.4. The summed E-state index contributed by atoms with van der Waals surface area (Å²) >= 11 is 0. The van der Waals surface area contributed by atoms with Crippen molar-refractivity contribution in [2.75, 3.05) is 28.4 Å². The lowest BCUT2D eigenvalue weighted by Gasteiger charge is -2.29. The molecule has 0 N–H and O–H groups in total. The Morgan fingerprint density at radius 3 is 1.82 bits per heavy atom. The van der Waals surface area contributed by atoms with Crippen molar-refractivity contribution in [3.63, 3.8) is 0 Å². The molecule has 0 heterocycles. The molecule has 0 fully saturated rings. The monoisotopic (exact) mass is 258 g/mol. The van der Waals surface area contributed by atoms with Gasteiger partial charge in [-0.1, -0.05) is 30.3 Å². The standard InChI is InChI=1S/C11H18O5Si/c1-12-11(13-2)16-17(14-3,15-4)10-8-6-5-7-9-10/h5-9,11H,1-4H3. The molecule has 5 nitrogen and oxygen atoms in total. The predicted octanol–water partition coefficient (Wildman–Crippen LogP) is 0.718. The number of hydrogen-bond acceptors (Lipinski definition) is 5. The smallest absolute Gasteiger partial charge is 0.373 e. The second-order valence-corrected chi connectivity index (χ2v) is 5.95. The lowest BCUT2D eigenvalue weighted by Crippen LogP contribution is -2.57. The molecule has 0 spiro atoms. The van der Waals surface area contributed by atoms with Gasteiger partial charge < -0.3 is 22.8 Å². The van der Waals surface area contributed by atoms with Crippen molar-refractivity contribution in [1.29, 1.82) is 0 Å². The SMILES string of the molecule is COC(OC)O[Si](OC)(OC)c1ccccc1. The largest absolute Gasteiger partial charge is 0.540 e. The molecule has 0 aliphatic heterocycles. The Balaban J connectivity index is 2.96. The number of ether oxygens (including phenoxy) is 2. The van der Waals surface area contributed by atoms with E-state index in [1.807, 2.05) is 30.3 Å². The number of methoxy groups -OCH3 is 2. The molecule has 1 rings (SSSR count). The molecular formula is C11H18O5Si. The van der Waals surface area contributed by atoms with Gasteiger partial charge in [0.1, 0.15) is 0 Å². The van der Waals surface area contributed by atoms with Gasteiger partial charge in [-0.3, -0.25) is 0 Å². The van der Waals surface area contributed by atoms with Crippen LogP contribution in [0.3, 0.4) is 0 Å². The maximum Gasteiger partial charge on any atom is 0.540 e. The highest BCUT2D eigenvalue weighted by atomic mass is 28.4. The molecule has 1 aromatic carbocycles. The summed E-state index contributed by atoms with van der Waals surface area (Å²) in [6, 6.07) is 9.49. The summed E-state index contributed by atoms with van der Waals surface area (Å²) in [5, 5.41) is 0.851. The summed E-state index contributed by atoms with van der Waals surface area (Å²) in [4.78, 5) is 0. The van der Waals surface area contributed by atoms with Crippen LogP contribution in [0.2, 0.25) is 0 Å².